The second kappa shape index (κ2) is 8.45. The van der Waals surface area contributed by atoms with Crippen molar-refractivity contribution in [2.24, 2.45) is 0 Å². The zero-order valence-electron chi connectivity index (χ0n) is 16.7. The molecule has 4 aromatic rings. The second-order valence-electron chi connectivity index (χ2n) is 7.03. The predicted octanol–water partition coefficient (Wildman–Crippen LogP) is 5.65. The summed E-state index contributed by atoms with van der Waals surface area (Å²) in [5, 5.41) is 0.577. The standard InChI is InChI=1S/C24H24N4S/c1-3-17-10-7-11-19(14-17)22-23(29-24(25)27-22)20-12-13-26-21(15-20)28(2)16-18-8-5-4-6-9-18/h4-15H,3,16H2,1-2H3,(H2,25,27). The first kappa shape index (κ1) is 19.2. The summed E-state index contributed by atoms with van der Waals surface area (Å²) in [5.74, 6) is 0.923. The molecule has 2 aromatic carbocycles. The molecule has 4 nitrogen and oxygen atoms in total. The molecule has 2 heterocycles. The topological polar surface area (TPSA) is 55.0 Å². The number of nitrogens with two attached hydrogens (primary N) is 1. The molecule has 0 atom stereocenters. The third-order valence-corrected chi connectivity index (χ3v) is 5.85. The minimum atomic E-state index is 0.577. The highest BCUT2D eigenvalue weighted by atomic mass is 32.1. The van der Waals surface area contributed by atoms with Gasteiger partial charge in [-0.1, -0.05) is 66.8 Å². The zero-order valence-corrected chi connectivity index (χ0v) is 17.5. The van der Waals surface area contributed by atoms with Crippen LogP contribution in [0.2, 0.25) is 0 Å². The number of aromatic nitrogens is 2. The normalized spacial score (nSPS) is 10.8. The van der Waals surface area contributed by atoms with E-state index in [1.54, 1.807) is 0 Å². The largest absolute Gasteiger partial charge is 0.375 e. The predicted molar refractivity (Wildman–Crippen MR) is 123 cm³/mol. The van der Waals surface area contributed by atoms with Gasteiger partial charge in [0.1, 0.15) is 5.82 Å². The number of pyridine rings is 1. The number of hydrogen-bond donors (Lipinski definition) is 1. The van der Waals surface area contributed by atoms with Crippen LogP contribution in [-0.4, -0.2) is 17.0 Å². The molecule has 0 unspecified atom stereocenters. The number of aryl methyl sites for hydroxylation is 1. The minimum Gasteiger partial charge on any atom is -0.375 e. The second-order valence-corrected chi connectivity index (χ2v) is 8.06. The van der Waals surface area contributed by atoms with Gasteiger partial charge < -0.3 is 10.6 Å². The molecule has 0 aliphatic carbocycles. The van der Waals surface area contributed by atoms with Gasteiger partial charge in [-0.15, -0.1) is 0 Å². The van der Waals surface area contributed by atoms with Gasteiger partial charge in [0.15, 0.2) is 5.13 Å². The van der Waals surface area contributed by atoms with Gasteiger partial charge in [-0.25, -0.2) is 9.97 Å². The van der Waals surface area contributed by atoms with E-state index < -0.39 is 0 Å². The molecule has 0 aliphatic rings. The lowest BCUT2D eigenvalue weighted by atomic mass is 10.0. The smallest absolute Gasteiger partial charge is 0.181 e. The number of benzene rings is 2. The molecule has 0 saturated carbocycles. The van der Waals surface area contributed by atoms with Crippen molar-refractivity contribution in [3.05, 3.63) is 84.1 Å². The van der Waals surface area contributed by atoms with Crippen molar-refractivity contribution in [2.45, 2.75) is 19.9 Å². The Hall–Kier alpha value is -3.18. The molecule has 29 heavy (non-hydrogen) atoms. The van der Waals surface area contributed by atoms with Crippen LogP contribution >= 0.6 is 11.3 Å². The maximum atomic E-state index is 6.11. The van der Waals surface area contributed by atoms with E-state index in [1.165, 1.54) is 22.5 Å². The monoisotopic (exact) mass is 400 g/mol. The van der Waals surface area contributed by atoms with Crippen LogP contribution < -0.4 is 10.6 Å². The summed E-state index contributed by atoms with van der Waals surface area (Å²) >= 11 is 1.52. The van der Waals surface area contributed by atoms with Crippen molar-refractivity contribution < 1.29 is 0 Å². The molecular formula is C24H24N4S. The lowest BCUT2D eigenvalue weighted by molar-refractivity contribution is 0.898. The molecule has 146 valence electrons. The Bertz CT molecular complexity index is 1100. The fourth-order valence-electron chi connectivity index (χ4n) is 3.37. The summed E-state index contributed by atoms with van der Waals surface area (Å²) in [5.41, 5.74) is 11.8. The van der Waals surface area contributed by atoms with Crippen molar-refractivity contribution in [1.29, 1.82) is 0 Å². The Morgan fingerprint density at radius 3 is 2.52 bits per heavy atom. The molecule has 2 N–H and O–H groups in total. The zero-order chi connectivity index (χ0) is 20.2. The number of nitrogen functional groups attached to an aromatic ring is 1. The third kappa shape index (κ3) is 4.30. The van der Waals surface area contributed by atoms with Crippen molar-refractivity contribution in [3.63, 3.8) is 0 Å². The molecule has 2 aromatic heterocycles. The summed E-state index contributed by atoms with van der Waals surface area (Å²) in [7, 11) is 2.06. The van der Waals surface area contributed by atoms with E-state index >= 15 is 0 Å². The van der Waals surface area contributed by atoms with E-state index in [4.69, 9.17) is 5.73 Å². The summed E-state index contributed by atoms with van der Waals surface area (Å²) in [6.07, 6.45) is 2.85. The van der Waals surface area contributed by atoms with Crippen molar-refractivity contribution >= 4 is 22.3 Å². The fraction of sp³-hybridized carbons (Fsp3) is 0.167. The maximum Gasteiger partial charge on any atom is 0.181 e. The van der Waals surface area contributed by atoms with Gasteiger partial charge in [-0.05, 0) is 41.3 Å². The van der Waals surface area contributed by atoms with Gasteiger partial charge in [-0.3, -0.25) is 0 Å². The molecule has 5 heteroatoms. The van der Waals surface area contributed by atoms with Crippen LogP contribution in [0.15, 0.2) is 72.9 Å². The SMILES string of the molecule is CCc1cccc(-c2nc(N)sc2-c2ccnc(N(C)Cc3ccccc3)c2)c1. The summed E-state index contributed by atoms with van der Waals surface area (Å²) < 4.78 is 0. The number of nitrogens with zero attached hydrogens (tertiary/aromatic N) is 3. The van der Waals surface area contributed by atoms with Gasteiger partial charge >= 0.3 is 0 Å². The van der Waals surface area contributed by atoms with E-state index in [-0.39, 0.29) is 0 Å². The molecule has 0 spiro atoms. The Labute approximate surface area is 175 Å². The van der Waals surface area contributed by atoms with Crippen LogP contribution in [0.4, 0.5) is 10.9 Å². The lowest BCUT2D eigenvalue weighted by Gasteiger charge is -2.19. The van der Waals surface area contributed by atoms with Crippen LogP contribution in [0.25, 0.3) is 21.7 Å². The molecule has 0 amide bonds. The first-order chi connectivity index (χ1) is 14.1. The van der Waals surface area contributed by atoms with Gasteiger partial charge in [0.2, 0.25) is 0 Å². The molecule has 0 bridgehead atoms. The Morgan fingerprint density at radius 2 is 1.72 bits per heavy atom. The molecule has 0 fully saturated rings. The van der Waals surface area contributed by atoms with E-state index in [1.807, 2.05) is 18.3 Å². The van der Waals surface area contributed by atoms with Gasteiger partial charge in [-0.2, -0.15) is 0 Å². The first-order valence-electron chi connectivity index (χ1n) is 9.71. The Morgan fingerprint density at radius 1 is 0.931 bits per heavy atom. The lowest BCUT2D eigenvalue weighted by Crippen LogP contribution is -2.17. The molecule has 0 aliphatic heterocycles. The number of anilines is 2. The van der Waals surface area contributed by atoms with Crippen LogP contribution in [0, 0.1) is 0 Å². The minimum absolute atomic E-state index is 0.577. The van der Waals surface area contributed by atoms with E-state index in [2.05, 4.69) is 83.4 Å². The van der Waals surface area contributed by atoms with E-state index in [0.29, 0.717) is 5.13 Å². The van der Waals surface area contributed by atoms with Gasteiger partial charge in [0.05, 0.1) is 10.6 Å². The highest BCUT2D eigenvalue weighted by molar-refractivity contribution is 7.19. The van der Waals surface area contributed by atoms with E-state index in [0.717, 1.165) is 40.5 Å². The number of thiazole rings is 1. The molecule has 0 radical (unpaired) electrons. The van der Waals surface area contributed by atoms with Crippen LogP contribution in [-0.2, 0) is 13.0 Å². The van der Waals surface area contributed by atoms with Gasteiger partial charge in [0.25, 0.3) is 0 Å². The molecule has 4 rings (SSSR count). The average molecular weight is 401 g/mol. The van der Waals surface area contributed by atoms with Crippen molar-refractivity contribution in [2.75, 3.05) is 17.7 Å². The highest BCUT2D eigenvalue weighted by Crippen LogP contribution is 2.39. The van der Waals surface area contributed by atoms with Crippen molar-refractivity contribution in [3.8, 4) is 21.7 Å². The first-order valence-corrected chi connectivity index (χ1v) is 10.5. The summed E-state index contributed by atoms with van der Waals surface area (Å²) in [6.45, 7) is 2.96. The third-order valence-electron chi connectivity index (χ3n) is 4.91. The molecule has 0 saturated heterocycles. The van der Waals surface area contributed by atoms with Crippen LogP contribution in [0.1, 0.15) is 18.1 Å². The Kier molecular flexibility index (Phi) is 5.58. The Balaban J connectivity index is 1.68. The fourth-order valence-corrected chi connectivity index (χ4v) is 4.22. The summed E-state index contributed by atoms with van der Waals surface area (Å²) in [6, 6.07) is 23.1. The van der Waals surface area contributed by atoms with E-state index in [9.17, 15) is 0 Å². The number of rotatable bonds is 6. The average Bonchev–Trinajstić information content (AvgIpc) is 3.16. The quantitative estimate of drug-likeness (QED) is 0.454. The van der Waals surface area contributed by atoms with Gasteiger partial charge in [0, 0.05) is 25.4 Å². The van der Waals surface area contributed by atoms with Crippen LogP contribution in [0.5, 0.6) is 0 Å². The highest BCUT2D eigenvalue weighted by Gasteiger charge is 2.15. The number of hydrogen-bond acceptors (Lipinski definition) is 5. The maximum absolute atomic E-state index is 6.11. The summed E-state index contributed by atoms with van der Waals surface area (Å²) in [4.78, 5) is 12.4. The molecular weight excluding hydrogens is 376 g/mol. The van der Waals surface area contributed by atoms with Crippen LogP contribution in [0.3, 0.4) is 0 Å². The van der Waals surface area contributed by atoms with Crippen molar-refractivity contribution in [1.82, 2.24) is 9.97 Å².